The molecule has 10 atom stereocenters. The summed E-state index contributed by atoms with van der Waals surface area (Å²) in [7, 11) is 1.47. The zero-order chi connectivity index (χ0) is 24.8. The van der Waals surface area contributed by atoms with E-state index in [0.29, 0.717) is 41.8 Å². The topological polar surface area (TPSA) is 69.7 Å². The fraction of sp³-hybridized carbons (Fsp3) is 0.897. The summed E-state index contributed by atoms with van der Waals surface area (Å²) in [5.74, 6) is 2.73. The predicted molar refractivity (Wildman–Crippen MR) is 131 cm³/mol. The summed E-state index contributed by atoms with van der Waals surface area (Å²) < 4.78 is 10.5. The molecule has 5 nitrogen and oxygen atoms in total. The lowest BCUT2D eigenvalue weighted by molar-refractivity contribution is -0.178. The highest BCUT2D eigenvalue weighted by Gasteiger charge is 2.65. The molecule has 0 spiro atoms. The van der Waals surface area contributed by atoms with Crippen molar-refractivity contribution in [1.29, 1.82) is 0 Å². The average Bonchev–Trinajstić information content (AvgIpc) is 3.15. The lowest BCUT2D eigenvalue weighted by Crippen LogP contribution is -2.60. The molecule has 192 valence electrons. The Bertz CT molecular complexity index is 806. The Morgan fingerprint density at radius 1 is 1.03 bits per heavy atom. The summed E-state index contributed by atoms with van der Waals surface area (Å²) in [6.07, 6.45) is 9.67. The van der Waals surface area contributed by atoms with E-state index in [0.717, 1.165) is 44.9 Å². The molecule has 0 aromatic rings. The number of ether oxygens (including phenoxy) is 2. The lowest BCUT2D eigenvalue weighted by Gasteiger charge is -2.62. The maximum absolute atomic E-state index is 14.2. The number of carbonyl (C=O) groups excluding carboxylic acids is 3. The minimum absolute atomic E-state index is 0.0330. The van der Waals surface area contributed by atoms with Crippen molar-refractivity contribution in [3.8, 4) is 0 Å². The van der Waals surface area contributed by atoms with Gasteiger partial charge in [-0.15, -0.1) is 0 Å². The second kappa shape index (κ2) is 9.58. The highest BCUT2D eigenvalue weighted by molar-refractivity contribution is 5.86. The van der Waals surface area contributed by atoms with E-state index in [1.807, 2.05) is 0 Å². The molecular formula is C29H46O5. The van der Waals surface area contributed by atoms with E-state index in [4.69, 9.17) is 9.47 Å². The number of methoxy groups -OCH3 is 1. The Labute approximate surface area is 206 Å². The Morgan fingerprint density at radius 2 is 1.71 bits per heavy atom. The first-order chi connectivity index (χ1) is 16.1. The van der Waals surface area contributed by atoms with Crippen molar-refractivity contribution in [2.45, 2.75) is 105 Å². The van der Waals surface area contributed by atoms with Gasteiger partial charge in [0.05, 0.1) is 7.11 Å². The molecule has 0 N–H and O–H groups in total. The first-order valence-electron chi connectivity index (χ1n) is 13.8. The summed E-state index contributed by atoms with van der Waals surface area (Å²) in [6.45, 7) is 10.9. The van der Waals surface area contributed by atoms with Crippen molar-refractivity contribution < 1.29 is 23.9 Å². The molecule has 0 radical (unpaired) electrons. The fourth-order valence-corrected chi connectivity index (χ4v) is 9.59. The number of hydrogen-bond acceptors (Lipinski definition) is 5. The van der Waals surface area contributed by atoms with Gasteiger partial charge in [-0.3, -0.25) is 14.4 Å². The zero-order valence-corrected chi connectivity index (χ0v) is 22.2. The Kier molecular flexibility index (Phi) is 7.24. The van der Waals surface area contributed by atoms with Crippen LogP contribution in [0.3, 0.4) is 0 Å². The van der Waals surface area contributed by atoms with Crippen LogP contribution in [0.4, 0.5) is 0 Å². The minimum atomic E-state index is -0.201. The normalized spacial score (nSPS) is 44.4. The van der Waals surface area contributed by atoms with Gasteiger partial charge in [-0.2, -0.15) is 0 Å². The molecule has 0 heterocycles. The standard InChI is InChI=1S/C29H46O5/c1-7-20-24-16-19(34-18(3)30)12-14-29(24,5)23-13-15-28(4)21(17(2)8-11-25(31)33-6)9-10-22(28)26(23)27(20)32/h17,19-24,26H,7-16H2,1-6H3/t17-,19-,20+,21-,22+,23+,24?,26+,28?,29?/m1/s1. The van der Waals surface area contributed by atoms with Crippen molar-refractivity contribution in [1.82, 2.24) is 0 Å². The molecule has 0 saturated heterocycles. The lowest BCUT2D eigenvalue weighted by atomic mass is 9.42. The second-order valence-corrected chi connectivity index (χ2v) is 12.6. The predicted octanol–water partition coefficient (Wildman–Crippen LogP) is 5.98. The van der Waals surface area contributed by atoms with Crippen LogP contribution < -0.4 is 0 Å². The number of esters is 2. The molecule has 5 heteroatoms. The fourth-order valence-electron chi connectivity index (χ4n) is 9.59. The summed E-state index contributed by atoms with van der Waals surface area (Å²) in [6, 6.07) is 0. The molecule has 4 aliphatic rings. The Hall–Kier alpha value is -1.39. The van der Waals surface area contributed by atoms with E-state index in [1.165, 1.54) is 26.9 Å². The maximum atomic E-state index is 14.2. The Morgan fingerprint density at radius 3 is 2.35 bits per heavy atom. The minimum Gasteiger partial charge on any atom is -0.469 e. The molecule has 4 saturated carbocycles. The highest BCUT2D eigenvalue weighted by atomic mass is 16.5. The summed E-state index contributed by atoms with van der Waals surface area (Å²) >= 11 is 0. The van der Waals surface area contributed by atoms with E-state index < -0.39 is 0 Å². The van der Waals surface area contributed by atoms with Gasteiger partial charge in [0.15, 0.2) is 0 Å². The summed E-state index contributed by atoms with van der Waals surface area (Å²) in [5.41, 5.74) is 0.342. The van der Waals surface area contributed by atoms with E-state index in [9.17, 15) is 14.4 Å². The van der Waals surface area contributed by atoms with Crippen LogP contribution in [0.2, 0.25) is 0 Å². The molecule has 4 aliphatic carbocycles. The van der Waals surface area contributed by atoms with E-state index in [-0.39, 0.29) is 40.7 Å². The third kappa shape index (κ3) is 4.13. The maximum Gasteiger partial charge on any atom is 0.305 e. The van der Waals surface area contributed by atoms with Crippen LogP contribution in [-0.4, -0.2) is 30.9 Å². The molecule has 34 heavy (non-hydrogen) atoms. The van der Waals surface area contributed by atoms with Crippen LogP contribution >= 0.6 is 0 Å². The van der Waals surface area contributed by atoms with Gasteiger partial charge in [0, 0.05) is 25.2 Å². The van der Waals surface area contributed by atoms with E-state index in [2.05, 4.69) is 27.7 Å². The number of Topliss-reactive ketones (excluding diaryl/α,β-unsaturated/α-hetero) is 1. The van der Waals surface area contributed by atoms with Gasteiger partial charge in [0.2, 0.25) is 0 Å². The zero-order valence-electron chi connectivity index (χ0n) is 22.2. The second-order valence-electron chi connectivity index (χ2n) is 12.6. The third-order valence-electron chi connectivity index (χ3n) is 11.2. The largest absolute Gasteiger partial charge is 0.469 e. The SMILES string of the molecule is CC[C@@H]1C(=O)[C@@H]2[C@H](CCC3(C)[C@@H]([C@H](C)CCC(=O)OC)CC[C@@H]23)C2(C)CC[C@@H](OC(C)=O)CC12. The average molecular weight is 475 g/mol. The number of rotatable bonds is 6. The van der Waals surface area contributed by atoms with E-state index >= 15 is 0 Å². The third-order valence-corrected chi connectivity index (χ3v) is 11.2. The van der Waals surface area contributed by atoms with Crippen molar-refractivity contribution in [2.75, 3.05) is 7.11 Å². The quantitative estimate of drug-likeness (QED) is 0.443. The first-order valence-corrected chi connectivity index (χ1v) is 13.8. The van der Waals surface area contributed by atoms with Gasteiger partial charge in [-0.25, -0.2) is 0 Å². The molecule has 0 aromatic carbocycles. The molecule has 3 unspecified atom stereocenters. The Balaban J connectivity index is 1.57. The first kappa shape index (κ1) is 25.7. The molecule has 0 amide bonds. The molecule has 0 aliphatic heterocycles. The van der Waals surface area contributed by atoms with Crippen LogP contribution in [-0.2, 0) is 23.9 Å². The molecular weight excluding hydrogens is 428 g/mol. The van der Waals surface area contributed by atoms with Crippen molar-refractivity contribution in [2.24, 2.45) is 52.3 Å². The van der Waals surface area contributed by atoms with Crippen molar-refractivity contribution >= 4 is 17.7 Å². The number of ketones is 1. The van der Waals surface area contributed by atoms with Gasteiger partial charge in [0.25, 0.3) is 0 Å². The van der Waals surface area contributed by atoms with Crippen LogP contribution in [0.5, 0.6) is 0 Å². The van der Waals surface area contributed by atoms with Gasteiger partial charge < -0.3 is 9.47 Å². The monoisotopic (exact) mass is 474 g/mol. The molecule has 4 fully saturated rings. The van der Waals surface area contributed by atoms with Gasteiger partial charge in [-0.1, -0.05) is 27.7 Å². The van der Waals surface area contributed by atoms with Crippen molar-refractivity contribution in [3.05, 3.63) is 0 Å². The number of hydrogen-bond donors (Lipinski definition) is 0. The van der Waals surface area contributed by atoms with Crippen LogP contribution in [0.1, 0.15) is 98.8 Å². The summed E-state index contributed by atoms with van der Waals surface area (Å²) in [5, 5.41) is 0. The van der Waals surface area contributed by atoms with Gasteiger partial charge in [-0.05, 0) is 98.2 Å². The number of fused-ring (bicyclic) bond motifs is 5. The van der Waals surface area contributed by atoms with Crippen LogP contribution in [0.25, 0.3) is 0 Å². The van der Waals surface area contributed by atoms with Crippen molar-refractivity contribution in [3.63, 3.8) is 0 Å². The van der Waals surface area contributed by atoms with Gasteiger partial charge >= 0.3 is 11.9 Å². The van der Waals surface area contributed by atoms with Gasteiger partial charge in [0.1, 0.15) is 11.9 Å². The van der Waals surface area contributed by atoms with E-state index in [1.54, 1.807) is 0 Å². The van der Waals surface area contributed by atoms with Crippen LogP contribution in [0, 0.1) is 52.3 Å². The van der Waals surface area contributed by atoms with Crippen LogP contribution in [0.15, 0.2) is 0 Å². The molecule has 4 rings (SSSR count). The summed E-state index contributed by atoms with van der Waals surface area (Å²) in [4.78, 5) is 37.5. The molecule has 0 bridgehead atoms. The molecule has 0 aromatic heterocycles. The number of carbonyl (C=O) groups is 3. The smallest absolute Gasteiger partial charge is 0.305 e. The highest BCUT2D eigenvalue weighted by Crippen LogP contribution is 2.68.